The van der Waals surface area contributed by atoms with Crippen LogP contribution < -0.4 is 10.6 Å². The highest BCUT2D eigenvalue weighted by molar-refractivity contribution is 6.30. The van der Waals surface area contributed by atoms with Gasteiger partial charge in [0.1, 0.15) is 5.82 Å². The molecular formula is C12H16ClFN2. The van der Waals surface area contributed by atoms with E-state index in [0.717, 1.165) is 19.4 Å². The van der Waals surface area contributed by atoms with Gasteiger partial charge >= 0.3 is 0 Å². The van der Waals surface area contributed by atoms with E-state index in [1.54, 1.807) is 12.1 Å². The minimum absolute atomic E-state index is 0.238. The fourth-order valence-electron chi connectivity index (χ4n) is 2.28. The van der Waals surface area contributed by atoms with Crippen LogP contribution in [0.5, 0.6) is 0 Å². The lowest BCUT2D eigenvalue weighted by atomic mass is 9.98. The van der Waals surface area contributed by atoms with Gasteiger partial charge in [-0.1, -0.05) is 11.6 Å². The summed E-state index contributed by atoms with van der Waals surface area (Å²) in [5.41, 5.74) is 6.51. The van der Waals surface area contributed by atoms with E-state index in [4.69, 9.17) is 17.3 Å². The van der Waals surface area contributed by atoms with Crippen molar-refractivity contribution in [3.05, 3.63) is 29.0 Å². The molecule has 0 amide bonds. The average Bonchev–Trinajstić information content (AvgIpc) is 2.19. The molecular weight excluding hydrogens is 227 g/mol. The molecule has 1 fully saturated rings. The van der Waals surface area contributed by atoms with E-state index in [2.05, 4.69) is 11.8 Å². The van der Waals surface area contributed by atoms with Crippen LogP contribution in [0.1, 0.15) is 19.8 Å². The van der Waals surface area contributed by atoms with Crippen molar-refractivity contribution in [2.45, 2.75) is 31.8 Å². The van der Waals surface area contributed by atoms with Gasteiger partial charge in [-0.2, -0.15) is 0 Å². The molecule has 4 heteroatoms. The molecule has 2 unspecified atom stereocenters. The van der Waals surface area contributed by atoms with E-state index >= 15 is 0 Å². The smallest absolute Gasteiger partial charge is 0.147 e. The summed E-state index contributed by atoms with van der Waals surface area (Å²) in [6.45, 7) is 2.88. The van der Waals surface area contributed by atoms with Crippen molar-refractivity contribution in [1.29, 1.82) is 0 Å². The third kappa shape index (κ3) is 2.30. The first-order chi connectivity index (χ1) is 7.58. The monoisotopic (exact) mass is 242 g/mol. The van der Waals surface area contributed by atoms with E-state index < -0.39 is 0 Å². The SMILES string of the molecule is CC1CC(N)CCN1c1ccc(Cl)cc1F. The van der Waals surface area contributed by atoms with Crippen LogP contribution in [0.3, 0.4) is 0 Å². The first kappa shape index (κ1) is 11.7. The first-order valence-corrected chi connectivity index (χ1v) is 5.93. The van der Waals surface area contributed by atoms with Gasteiger partial charge in [0.15, 0.2) is 0 Å². The Balaban J connectivity index is 2.23. The number of halogens is 2. The Morgan fingerprint density at radius 3 is 2.88 bits per heavy atom. The predicted octanol–water partition coefficient (Wildman–Crippen LogP) is 2.80. The number of anilines is 1. The Hall–Kier alpha value is -0.800. The van der Waals surface area contributed by atoms with Gasteiger partial charge in [0.25, 0.3) is 0 Å². The second-order valence-electron chi connectivity index (χ2n) is 4.42. The quantitative estimate of drug-likeness (QED) is 0.821. The van der Waals surface area contributed by atoms with Gasteiger partial charge in [0, 0.05) is 23.7 Å². The van der Waals surface area contributed by atoms with Gasteiger partial charge in [-0.05, 0) is 38.0 Å². The summed E-state index contributed by atoms with van der Waals surface area (Å²) in [4.78, 5) is 2.06. The Kier molecular flexibility index (Phi) is 3.36. The minimum Gasteiger partial charge on any atom is -0.366 e. The summed E-state index contributed by atoms with van der Waals surface area (Å²) in [6.07, 6.45) is 1.81. The zero-order valence-electron chi connectivity index (χ0n) is 9.29. The fourth-order valence-corrected chi connectivity index (χ4v) is 2.44. The zero-order chi connectivity index (χ0) is 11.7. The lowest BCUT2D eigenvalue weighted by Crippen LogP contribution is -2.45. The summed E-state index contributed by atoms with van der Waals surface area (Å²) in [5, 5.41) is 0.433. The molecule has 1 saturated heterocycles. The van der Waals surface area contributed by atoms with Crippen LogP contribution in [-0.4, -0.2) is 18.6 Å². The van der Waals surface area contributed by atoms with Gasteiger partial charge in [0.2, 0.25) is 0 Å². The van der Waals surface area contributed by atoms with Gasteiger partial charge in [-0.25, -0.2) is 4.39 Å². The van der Waals surface area contributed by atoms with E-state index in [1.807, 2.05) is 0 Å². The van der Waals surface area contributed by atoms with Crippen molar-refractivity contribution in [3.8, 4) is 0 Å². The predicted molar refractivity (Wildman–Crippen MR) is 65.4 cm³/mol. The zero-order valence-corrected chi connectivity index (χ0v) is 10.0. The van der Waals surface area contributed by atoms with Crippen LogP contribution >= 0.6 is 11.6 Å². The Labute approximate surface area is 100 Å². The van der Waals surface area contributed by atoms with Gasteiger partial charge < -0.3 is 10.6 Å². The molecule has 0 bridgehead atoms. The molecule has 1 aromatic carbocycles. The Bertz CT molecular complexity index is 383. The molecule has 1 aliphatic heterocycles. The second-order valence-corrected chi connectivity index (χ2v) is 4.86. The average molecular weight is 243 g/mol. The van der Waals surface area contributed by atoms with Crippen molar-refractivity contribution in [2.24, 2.45) is 5.73 Å². The lowest BCUT2D eigenvalue weighted by molar-refractivity contribution is 0.425. The third-order valence-electron chi connectivity index (χ3n) is 3.14. The molecule has 16 heavy (non-hydrogen) atoms. The van der Waals surface area contributed by atoms with E-state index in [-0.39, 0.29) is 17.9 Å². The van der Waals surface area contributed by atoms with Crippen LogP contribution in [0.15, 0.2) is 18.2 Å². The molecule has 0 saturated carbocycles. The molecule has 88 valence electrons. The summed E-state index contributed by atoms with van der Waals surface area (Å²) in [6, 6.07) is 5.34. The summed E-state index contributed by atoms with van der Waals surface area (Å²) >= 11 is 5.74. The first-order valence-electron chi connectivity index (χ1n) is 5.55. The number of benzene rings is 1. The van der Waals surface area contributed by atoms with Crippen LogP contribution in [0, 0.1) is 5.82 Å². The molecule has 2 atom stereocenters. The molecule has 1 aromatic rings. The van der Waals surface area contributed by atoms with Gasteiger partial charge in [-0.3, -0.25) is 0 Å². The third-order valence-corrected chi connectivity index (χ3v) is 3.37. The van der Waals surface area contributed by atoms with E-state index in [1.165, 1.54) is 6.07 Å². The summed E-state index contributed by atoms with van der Waals surface area (Å²) in [5.74, 6) is -0.255. The van der Waals surface area contributed by atoms with Crippen molar-refractivity contribution >= 4 is 17.3 Å². The largest absolute Gasteiger partial charge is 0.366 e. The molecule has 2 nitrogen and oxygen atoms in total. The maximum atomic E-state index is 13.7. The van der Waals surface area contributed by atoms with Crippen molar-refractivity contribution in [1.82, 2.24) is 0 Å². The molecule has 1 aliphatic rings. The maximum Gasteiger partial charge on any atom is 0.147 e. The summed E-state index contributed by atoms with van der Waals surface area (Å²) in [7, 11) is 0. The number of hydrogen-bond donors (Lipinski definition) is 1. The van der Waals surface area contributed by atoms with E-state index in [0.29, 0.717) is 10.7 Å². The van der Waals surface area contributed by atoms with Crippen LogP contribution in [0.25, 0.3) is 0 Å². The number of nitrogens with two attached hydrogens (primary N) is 1. The minimum atomic E-state index is -0.255. The van der Waals surface area contributed by atoms with Crippen molar-refractivity contribution < 1.29 is 4.39 Å². The normalized spacial score (nSPS) is 25.9. The number of rotatable bonds is 1. The topological polar surface area (TPSA) is 29.3 Å². The molecule has 0 aliphatic carbocycles. The van der Waals surface area contributed by atoms with E-state index in [9.17, 15) is 4.39 Å². The second kappa shape index (κ2) is 4.60. The molecule has 0 radical (unpaired) electrons. The van der Waals surface area contributed by atoms with Gasteiger partial charge in [-0.15, -0.1) is 0 Å². The molecule has 0 aromatic heterocycles. The van der Waals surface area contributed by atoms with Crippen LogP contribution in [-0.2, 0) is 0 Å². The lowest BCUT2D eigenvalue weighted by Gasteiger charge is -2.38. The Morgan fingerprint density at radius 2 is 2.25 bits per heavy atom. The highest BCUT2D eigenvalue weighted by Gasteiger charge is 2.25. The van der Waals surface area contributed by atoms with Crippen molar-refractivity contribution in [3.63, 3.8) is 0 Å². The number of hydrogen-bond acceptors (Lipinski definition) is 2. The molecule has 2 N–H and O–H groups in total. The molecule has 1 heterocycles. The highest BCUT2D eigenvalue weighted by Crippen LogP contribution is 2.28. The van der Waals surface area contributed by atoms with Crippen LogP contribution in [0.2, 0.25) is 5.02 Å². The summed E-state index contributed by atoms with van der Waals surface area (Å²) < 4.78 is 13.7. The standard InChI is InChI=1S/C12H16ClFN2/c1-8-6-10(15)4-5-16(8)12-3-2-9(13)7-11(12)14/h2-3,7-8,10H,4-6,15H2,1H3. The fraction of sp³-hybridized carbons (Fsp3) is 0.500. The maximum absolute atomic E-state index is 13.7. The molecule has 0 spiro atoms. The van der Waals surface area contributed by atoms with Crippen molar-refractivity contribution in [2.75, 3.05) is 11.4 Å². The molecule has 2 rings (SSSR count). The number of nitrogens with zero attached hydrogens (tertiary/aromatic N) is 1. The number of piperidine rings is 1. The highest BCUT2D eigenvalue weighted by atomic mass is 35.5. The Morgan fingerprint density at radius 1 is 1.50 bits per heavy atom. The van der Waals surface area contributed by atoms with Gasteiger partial charge in [0.05, 0.1) is 5.69 Å². The van der Waals surface area contributed by atoms with Crippen LogP contribution in [0.4, 0.5) is 10.1 Å².